The number of carbonyl (C=O) groups excluding carboxylic acids is 1. The van der Waals surface area contributed by atoms with Gasteiger partial charge >= 0.3 is 0 Å². The number of rotatable bonds is 3. The van der Waals surface area contributed by atoms with Crippen LogP contribution in [0, 0.1) is 30.1 Å². The van der Waals surface area contributed by atoms with E-state index in [1.165, 1.54) is 0 Å². The van der Waals surface area contributed by atoms with Crippen molar-refractivity contribution in [3.05, 3.63) is 34.9 Å². The zero-order valence-electron chi connectivity index (χ0n) is 13.7. The van der Waals surface area contributed by atoms with Crippen LogP contribution in [0.5, 0.6) is 0 Å². The van der Waals surface area contributed by atoms with Crippen LogP contribution in [0.3, 0.4) is 0 Å². The topological polar surface area (TPSA) is 55.1 Å². The Labute approximate surface area is 128 Å². The molecule has 114 valence electrons. The average Bonchev–Trinajstić information content (AvgIpc) is 2.42. The van der Waals surface area contributed by atoms with Crippen LogP contribution in [0.2, 0.25) is 0 Å². The van der Waals surface area contributed by atoms with Gasteiger partial charge in [-0.15, -0.1) is 0 Å². The molecule has 0 bridgehead atoms. The number of nitrogens with one attached hydrogen (secondary N) is 1. The summed E-state index contributed by atoms with van der Waals surface area (Å²) in [6.45, 7) is 11.6. The summed E-state index contributed by atoms with van der Waals surface area (Å²) in [7, 11) is 0. The van der Waals surface area contributed by atoms with Crippen molar-refractivity contribution >= 4 is 5.91 Å². The molecule has 3 N–H and O–H groups in total. The fourth-order valence-electron chi connectivity index (χ4n) is 1.70. The van der Waals surface area contributed by atoms with Crippen LogP contribution in [-0.2, 0) is 0 Å². The molecule has 3 nitrogen and oxygen atoms in total. The van der Waals surface area contributed by atoms with Crippen molar-refractivity contribution in [2.75, 3.05) is 13.1 Å². The van der Waals surface area contributed by atoms with E-state index in [1.807, 2.05) is 25.1 Å². The number of hydrogen-bond donors (Lipinski definition) is 2. The van der Waals surface area contributed by atoms with Crippen molar-refractivity contribution < 1.29 is 4.79 Å². The van der Waals surface area contributed by atoms with Gasteiger partial charge in [0.05, 0.1) is 6.54 Å². The summed E-state index contributed by atoms with van der Waals surface area (Å²) in [4.78, 5) is 12.2. The third-order valence-corrected chi connectivity index (χ3v) is 3.87. The molecule has 0 aliphatic rings. The highest BCUT2D eigenvalue weighted by atomic mass is 16.1. The molecule has 3 heteroatoms. The Morgan fingerprint density at radius 3 is 2.62 bits per heavy atom. The summed E-state index contributed by atoms with van der Waals surface area (Å²) < 4.78 is 0. The molecular formula is C18H26N2O. The van der Waals surface area contributed by atoms with E-state index in [9.17, 15) is 4.79 Å². The predicted molar refractivity (Wildman–Crippen MR) is 88.1 cm³/mol. The van der Waals surface area contributed by atoms with Crippen molar-refractivity contribution in [3.8, 4) is 11.8 Å². The first-order chi connectivity index (χ1) is 9.75. The molecule has 0 aromatic heterocycles. The van der Waals surface area contributed by atoms with Crippen molar-refractivity contribution in [2.45, 2.75) is 34.6 Å². The highest BCUT2D eigenvalue weighted by Gasteiger charge is 2.20. The molecule has 1 unspecified atom stereocenters. The van der Waals surface area contributed by atoms with Crippen LogP contribution in [0.15, 0.2) is 18.2 Å². The molecule has 1 aromatic rings. The Morgan fingerprint density at radius 2 is 2.05 bits per heavy atom. The number of carbonyl (C=O) groups is 1. The molecule has 1 aromatic carbocycles. The van der Waals surface area contributed by atoms with Gasteiger partial charge in [-0.05, 0) is 36.0 Å². The second kappa shape index (κ2) is 7.28. The molecule has 1 amide bonds. The lowest BCUT2D eigenvalue weighted by Gasteiger charge is -2.27. The van der Waals surface area contributed by atoms with Crippen molar-refractivity contribution in [1.82, 2.24) is 5.32 Å². The van der Waals surface area contributed by atoms with Gasteiger partial charge in [0.2, 0.25) is 0 Å². The SMILES string of the molecule is Cc1ccc(C(=O)NCC(C)C(C)(C)C)cc1C#CCN. The van der Waals surface area contributed by atoms with Crippen LogP contribution in [0.25, 0.3) is 0 Å². The van der Waals surface area contributed by atoms with E-state index < -0.39 is 0 Å². The summed E-state index contributed by atoms with van der Waals surface area (Å²) in [5.74, 6) is 6.18. The van der Waals surface area contributed by atoms with E-state index in [2.05, 4.69) is 44.9 Å². The van der Waals surface area contributed by atoms with E-state index in [1.54, 1.807) is 0 Å². The molecule has 21 heavy (non-hydrogen) atoms. The minimum Gasteiger partial charge on any atom is -0.352 e. The van der Waals surface area contributed by atoms with E-state index in [-0.39, 0.29) is 11.3 Å². The third-order valence-electron chi connectivity index (χ3n) is 3.87. The molecule has 0 saturated heterocycles. The van der Waals surface area contributed by atoms with Gasteiger partial charge in [-0.2, -0.15) is 0 Å². The average molecular weight is 286 g/mol. The number of aryl methyl sites for hydroxylation is 1. The third kappa shape index (κ3) is 5.24. The normalized spacial score (nSPS) is 12.3. The monoisotopic (exact) mass is 286 g/mol. The molecule has 1 rings (SSSR count). The van der Waals surface area contributed by atoms with Gasteiger partial charge in [0, 0.05) is 17.7 Å². The standard InChI is InChI=1S/C18H26N2O/c1-13-8-9-16(11-15(13)7-6-10-19)17(21)20-12-14(2)18(3,4)5/h8-9,11,14H,10,12,19H2,1-5H3,(H,20,21). The van der Waals surface area contributed by atoms with Crippen molar-refractivity contribution in [1.29, 1.82) is 0 Å². The smallest absolute Gasteiger partial charge is 0.251 e. The van der Waals surface area contributed by atoms with Crippen LogP contribution >= 0.6 is 0 Å². The second-order valence-corrected chi connectivity index (χ2v) is 6.51. The molecule has 0 aliphatic heterocycles. The maximum Gasteiger partial charge on any atom is 0.251 e. The van der Waals surface area contributed by atoms with Crippen molar-refractivity contribution in [2.24, 2.45) is 17.1 Å². The Morgan fingerprint density at radius 1 is 1.38 bits per heavy atom. The van der Waals surface area contributed by atoms with Gasteiger partial charge in [-0.1, -0.05) is 45.6 Å². The number of amides is 1. The lowest BCUT2D eigenvalue weighted by Crippen LogP contribution is -2.33. The van der Waals surface area contributed by atoms with Gasteiger partial charge in [0.25, 0.3) is 5.91 Å². The van der Waals surface area contributed by atoms with Gasteiger partial charge in [0.15, 0.2) is 0 Å². The molecule has 0 heterocycles. The molecule has 0 spiro atoms. The zero-order chi connectivity index (χ0) is 16.0. The first-order valence-corrected chi connectivity index (χ1v) is 7.33. The summed E-state index contributed by atoms with van der Waals surface area (Å²) >= 11 is 0. The van der Waals surface area contributed by atoms with Gasteiger partial charge in [-0.25, -0.2) is 0 Å². The fourth-order valence-corrected chi connectivity index (χ4v) is 1.70. The molecule has 0 aliphatic carbocycles. The van der Waals surface area contributed by atoms with E-state index >= 15 is 0 Å². The first kappa shape index (κ1) is 17.3. The van der Waals surface area contributed by atoms with Crippen molar-refractivity contribution in [3.63, 3.8) is 0 Å². The fraction of sp³-hybridized carbons (Fsp3) is 0.500. The number of nitrogens with two attached hydrogens (primary N) is 1. The van der Waals surface area contributed by atoms with E-state index in [4.69, 9.17) is 5.73 Å². The molecule has 0 radical (unpaired) electrons. The summed E-state index contributed by atoms with van der Waals surface area (Å²) in [5, 5.41) is 3.00. The molecular weight excluding hydrogens is 260 g/mol. The Balaban J connectivity index is 2.79. The van der Waals surface area contributed by atoms with Gasteiger partial charge < -0.3 is 11.1 Å². The lowest BCUT2D eigenvalue weighted by molar-refractivity contribution is 0.0937. The molecule has 0 fully saturated rings. The highest BCUT2D eigenvalue weighted by Crippen LogP contribution is 2.24. The van der Waals surface area contributed by atoms with Crippen LogP contribution in [-0.4, -0.2) is 19.0 Å². The quantitative estimate of drug-likeness (QED) is 0.839. The predicted octanol–water partition coefficient (Wildman–Crippen LogP) is 2.72. The second-order valence-electron chi connectivity index (χ2n) is 6.51. The minimum atomic E-state index is -0.0538. The van der Waals surface area contributed by atoms with E-state index in [0.29, 0.717) is 24.6 Å². The molecule has 1 atom stereocenters. The Kier molecular flexibility index (Phi) is 5.99. The largest absolute Gasteiger partial charge is 0.352 e. The van der Waals surface area contributed by atoms with E-state index in [0.717, 1.165) is 11.1 Å². The number of hydrogen-bond acceptors (Lipinski definition) is 2. The summed E-state index contributed by atoms with van der Waals surface area (Å²) in [5.41, 5.74) is 8.12. The zero-order valence-corrected chi connectivity index (χ0v) is 13.7. The lowest BCUT2D eigenvalue weighted by atomic mass is 9.82. The Bertz CT molecular complexity index is 559. The number of benzene rings is 1. The maximum atomic E-state index is 12.2. The molecule has 0 saturated carbocycles. The van der Waals surface area contributed by atoms with Crippen LogP contribution in [0.4, 0.5) is 0 Å². The summed E-state index contributed by atoms with van der Waals surface area (Å²) in [6, 6.07) is 5.58. The Hall–Kier alpha value is -1.79. The maximum absolute atomic E-state index is 12.2. The van der Waals surface area contributed by atoms with Gasteiger partial charge in [-0.3, -0.25) is 4.79 Å². The minimum absolute atomic E-state index is 0.0538. The highest BCUT2D eigenvalue weighted by molar-refractivity contribution is 5.94. The summed E-state index contributed by atoms with van der Waals surface area (Å²) in [6.07, 6.45) is 0. The first-order valence-electron chi connectivity index (χ1n) is 7.33. The van der Waals surface area contributed by atoms with Gasteiger partial charge in [0.1, 0.15) is 0 Å². The van der Waals surface area contributed by atoms with Crippen LogP contribution in [0.1, 0.15) is 49.2 Å². The van der Waals surface area contributed by atoms with Crippen LogP contribution < -0.4 is 11.1 Å².